The molecule has 0 aliphatic rings. The van der Waals surface area contributed by atoms with E-state index in [0.29, 0.717) is 5.65 Å². The van der Waals surface area contributed by atoms with Gasteiger partial charge in [-0.3, -0.25) is 4.40 Å². The van der Waals surface area contributed by atoms with Crippen LogP contribution in [0.25, 0.3) is 5.65 Å². The molecule has 0 fully saturated rings. The number of esters is 1. The Labute approximate surface area is 74.0 Å². The van der Waals surface area contributed by atoms with Crippen LogP contribution in [0.5, 0.6) is 0 Å². The molecule has 0 radical (unpaired) electrons. The number of aromatic nitrogens is 3. The van der Waals surface area contributed by atoms with E-state index in [4.69, 9.17) is 0 Å². The van der Waals surface area contributed by atoms with Crippen molar-refractivity contribution in [3.05, 3.63) is 30.5 Å². The predicted molar refractivity (Wildman–Crippen MR) is 44.3 cm³/mol. The van der Waals surface area contributed by atoms with Crippen LogP contribution in [0.15, 0.2) is 24.8 Å². The lowest BCUT2D eigenvalue weighted by atomic mass is 10.4. The number of fused-ring (bicyclic) bond motifs is 1. The van der Waals surface area contributed by atoms with Gasteiger partial charge in [-0.25, -0.2) is 14.8 Å². The average molecular weight is 177 g/mol. The molecule has 0 saturated heterocycles. The number of hydrogen-bond donors (Lipinski definition) is 0. The maximum Gasteiger partial charge on any atom is 0.360 e. The van der Waals surface area contributed by atoms with Crippen molar-refractivity contribution in [2.75, 3.05) is 7.11 Å². The summed E-state index contributed by atoms with van der Waals surface area (Å²) in [5, 5.41) is 0. The molecule has 0 saturated carbocycles. The number of methoxy groups -OCH3 is 1. The minimum absolute atomic E-state index is 0.239. The van der Waals surface area contributed by atoms with Crippen LogP contribution < -0.4 is 0 Å². The fourth-order valence-corrected chi connectivity index (χ4v) is 1.08. The van der Waals surface area contributed by atoms with Gasteiger partial charge in [0, 0.05) is 12.4 Å². The van der Waals surface area contributed by atoms with Gasteiger partial charge in [0.05, 0.1) is 7.11 Å². The van der Waals surface area contributed by atoms with Crippen molar-refractivity contribution in [1.82, 2.24) is 14.4 Å². The summed E-state index contributed by atoms with van der Waals surface area (Å²) in [6, 6.07) is 1.76. The van der Waals surface area contributed by atoms with E-state index in [1.807, 2.05) is 0 Å². The van der Waals surface area contributed by atoms with Gasteiger partial charge < -0.3 is 4.74 Å². The summed E-state index contributed by atoms with van der Waals surface area (Å²) in [6.07, 6.45) is 4.89. The molecule has 5 nitrogen and oxygen atoms in total. The Balaban J connectivity index is 2.64. The average Bonchev–Trinajstić information content (AvgIpc) is 2.60. The van der Waals surface area contributed by atoms with Crippen molar-refractivity contribution in [2.45, 2.75) is 0 Å². The molecule has 2 rings (SSSR count). The first-order valence-corrected chi connectivity index (χ1v) is 3.69. The molecular weight excluding hydrogens is 170 g/mol. The number of carbonyl (C=O) groups excluding carboxylic acids is 1. The molecule has 0 atom stereocenters. The molecule has 0 aromatic carbocycles. The number of hydrogen-bond acceptors (Lipinski definition) is 4. The highest BCUT2D eigenvalue weighted by atomic mass is 16.5. The van der Waals surface area contributed by atoms with Gasteiger partial charge in [0.1, 0.15) is 6.33 Å². The number of rotatable bonds is 1. The molecule has 2 aromatic rings. The highest BCUT2D eigenvalue weighted by molar-refractivity contribution is 5.93. The van der Waals surface area contributed by atoms with Crippen LogP contribution in [0.3, 0.4) is 0 Å². The zero-order valence-electron chi connectivity index (χ0n) is 6.97. The minimum atomic E-state index is -0.471. The van der Waals surface area contributed by atoms with Crippen molar-refractivity contribution >= 4 is 11.6 Å². The van der Waals surface area contributed by atoms with Crippen LogP contribution in [-0.4, -0.2) is 27.4 Å². The Morgan fingerprint density at radius 2 is 2.38 bits per heavy atom. The topological polar surface area (TPSA) is 56.5 Å². The third-order valence-corrected chi connectivity index (χ3v) is 1.68. The van der Waals surface area contributed by atoms with E-state index in [-0.39, 0.29) is 5.69 Å². The second-order valence-corrected chi connectivity index (χ2v) is 2.44. The molecular formula is C8H7N3O2. The predicted octanol–water partition coefficient (Wildman–Crippen LogP) is 0.516. The van der Waals surface area contributed by atoms with Crippen molar-refractivity contribution in [3.8, 4) is 0 Å². The van der Waals surface area contributed by atoms with E-state index in [1.165, 1.54) is 13.4 Å². The molecule has 2 aromatic heterocycles. The lowest BCUT2D eigenvalue weighted by molar-refractivity contribution is 0.0596. The molecule has 0 aliphatic heterocycles. The number of carbonyl (C=O) groups is 1. The number of imidazole rings is 1. The second-order valence-electron chi connectivity index (χ2n) is 2.44. The van der Waals surface area contributed by atoms with E-state index >= 15 is 0 Å². The second kappa shape index (κ2) is 2.85. The van der Waals surface area contributed by atoms with Gasteiger partial charge in [-0.2, -0.15) is 0 Å². The van der Waals surface area contributed by atoms with Gasteiger partial charge in [-0.15, -0.1) is 0 Å². The zero-order chi connectivity index (χ0) is 9.26. The van der Waals surface area contributed by atoms with Gasteiger partial charge in [-0.1, -0.05) is 0 Å². The molecule has 0 bridgehead atoms. The lowest BCUT2D eigenvalue weighted by Gasteiger charge is -1.94. The zero-order valence-corrected chi connectivity index (χ0v) is 6.97. The molecule has 13 heavy (non-hydrogen) atoms. The van der Waals surface area contributed by atoms with E-state index in [1.54, 1.807) is 22.9 Å². The smallest absolute Gasteiger partial charge is 0.360 e. The first-order chi connectivity index (χ1) is 6.33. The fraction of sp³-hybridized carbons (Fsp3) is 0.125. The third kappa shape index (κ3) is 1.14. The highest BCUT2D eigenvalue weighted by Crippen LogP contribution is 2.06. The maximum absolute atomic E-state index is 11.2. The molecule has 0 amide bonds. The van der Waals surface area contributed by atoms with Gasteiger partial charge in [0.2, 0.25) is 0 Å². The third-order valence-electron chi connectivity index (χ3n) is 1.68. The molecule has 0 spiro atoms. The van der Waals surface area contributed by atoms with Crippen LogP contribution in [0.1, 0.15) is 10.5 Å². The summed E-state index contributed by atoms with van der Waals surface area (Å²) in [5.41, 5.74) is 0.748. The quantitative estimate of drug-likeness (QED) is 0.596. The standard InChI is InChI=1S/C8H7N3O2/c1-13-8(12)6-7-9-3-2-4-11(7)5-10-6/h2-5H,1H3. The normalized spacial score (nSPS) is 10.2. The Hall–Kier alpha value is -1.91. The van der Waals surface area contributed by atoms with Crippen LogP contribution in [-0.2, 0) is 4.74 Å². The van der Waals surface area contributed by atoms with Gasteiger partial charge in [0.15, 0.2) is 11.3 Å². The first kappa shape index (κ1) is 7.72. The number of ether oxygens (including phenoxy) is 1. The summed E-state index contributed by atoms with van der Waals surface area (Å²) in [7, 11) is 1.32. The van der Waals surface area contributed by atoms with Crippen molar-refractivity contribution in [2.24, 2.45) is 0 Å². The summed E-state index contributed by atoms with van der Waals surface area (Å²) in [6.45, 7) is 0. The Kier molecular flexibility index (Phi) is 1.70. The lowest BCUT2D eigenvalue weighted by Crippen LogP contribution is -2.02. The van der Waals surface area contributed by atoms with E-state index in [0.717, 1.165) is 0 Å². The first-order valence-electron chi connectivity index (χ1n) is 3.69. The van der Waals surface area contributed by atoms with Crippen molar-refractivity contribution in [3.63, 3.8) is 0 Å². The highest BCUT2D eigenvalue weighted by Gasteiger charge is 2.13. The molecule has 66 valence electrons. The van der Waals surface area contributed by atoms with Crippen molar-refractivity contribution in [1.29, 1.82) is 0 Å². The van der Waals surface area contributed by atoms with Crippen LogP contribution in [0.4, 0.5) is 0 Å². The summed E-state index contributed by atoms with van der Waals surface area (Å²) in [5.74, 6) is -0.471. The Morgan fingerprint density at radius 1 is 1.54 bits per heavy atom. The Bertz CT molecular complexity index is 449. The molecule has 0 unspecified atom stereocenters. The van der Waals surface area contributed by atoms with E-state index in [2.05, 4.69) is 14.7 Å². The van der Waals surface area contributed by atoms with Gasteiger partial charge in [-0.05, 0) is 6.07 Å². The van der Waals surface area contributed by atoms with Crippen LogP contribution in [0, 0.1) is 0 Å². The monoisotopic (exact) mass is 177 g/mol. The SMILES string of the molecule is COC(=O)c1ncn2cccnc12. The molecule has 0 aliphatic carbocycles. The Morgan fingerprint density at radius 3 is 3.15 bits per heavy atom. The van der Waals surface area contributed by atoms with E-state index < -0.39 is 5.97 Å². The fourth-order valence-electron chi connectivity index (χ4n) is 1.08. The summed E-state index contributed by atoms with van der Waals surface area (Å²) < 4.78 is 6.21. The largest absolute Gasteiger partial charge is 0.464 e. The van der Waals surface area contributed by atoms with Crippen molar-refractivity contribution < 1.29 is 9.53 Å². The molecule has 2 heterocycles. The summed E-state index contributed by atoms with van der Waals surface area (Å²) >= 11 is 0. The maximum atomic E-state index is 11.2. The molecule has 0 N–H and O–H groups in total. The summed E-state index contributed by atoms with van der Waals surface area (Å²) in [4.78, 5) is 19.1. The van der Waals surface area contributed by atoms with E-state index in [9.17, 15) is 4.79 Å². The minimum Gasteiger partial charge on any atom is -0.464 e. The molecule has 5 heteroatoms. The van der Waals surface area contributed by atoms with Crippen LogP contribution >= 0.6 is 0 Å². The van der Waals surface area contributed by atoms with Gasteiger partial charge in [0.25, 0.3) is 0 Å². The van der Waals surface area contributed by atoms with Gasteiger partial charge >= 0.3 is 5.97 Å². The number of nitrogens with zero attached hydrogens (tertiary/aromatic N) is 3. The van der Waals surface area contributed by atoms with Crippen LogP contribution in [0.2, 0.25) is 0 Å².